The zero-order valence-electron chi connectivity index (χ0n) is 17.4. The molecule has 0 amide bonds. The van der Waals surface area contributed by atoms with E-state index in [4.69, 9.17) is 5.73 Å². The number of pyridine rings is 1. The Hall–Kier alpha value is -2.61. The molecule has 2 heterocycles. The van der Waals surface area contributed by atoms with Crippen LogP contribution in [-0.4, -0.2) is 35.8 Å². The third-order valence-corrected chi connectivity index (χ3v) is 7.47. The van der Waals surface area contributed by atoms with Crippen LogP contribution in [0.25, 0.3) is 0 Å². The van der Waals surface area contributed by atoms with Crippen LogP contribution >= 0.6 is 0 Å². The molecule has 1 saturated carbocycles. The van der Waals surface area contributed by atoms with E-state index in [9.17, 15) is 39.2 Å². The standard InChI is InChI=1S/C20H19F7N4O2S/c21-15-7-29-14(6-16(15)28)9-31-17-4-3-13(19(22,23)24)5-12(17)8-30(10-18(31)11-1-2-11)34(32,33)20(25,26)27/h3-7,11,18H,1-2,8-10H2,(H2,28,29). The van der Waals surface area contributed by atoms with Gasteiger partial charge in [-0.1, -0.05) is 0 Å². The lowest BCUT2D eigenvalue weighted by Gasteiger charge is -2.34. The minimum absolute atomic E-state index is 0.121. The van der Waals surface area contributed by atoms with Crippen molar-refractivity contribution in [2.45, 2.75) is 43.7 Å². The molecule has 6 nitrogen and oxygen atoms in total. The van der Waals surface area contributed by atoms with E-state index < -0.39 is 52.2 Å². The molecule has 2 aromatic rings. The van der Waals surface area contributed by atoms with Gasteiger partial charge in [-0.25, -0.2) is 12.8 Å². The Balaban J connectivity index is 1.84. The molecule has 1 aromatic heterocycles. The number of anilines is 2. The number of halogens is 7. The molecular formula is C20H19F7N4O2S. The summed E-state index contributed by atoms with van der Waals surface area (Å²) in [7, 11) is -5.82. The molecule has 1 atom stereocenters. The smallest absolute Gasteiger partial charge is 0.396 e. The maximum Gasteiger partial charge on any atom is 0.511 e. The number of alkyl halides is 6. The lowest BCUT2D eigenvalue weighted by atomic mass is 10.0. The number of fused-ring (bicyclic) bond motifs is 1. The summed E-state index contributed by atoms with van der Waals surface area (Å²) >= 11 is 0. The van der Waals surface area contributed by atoms with Crippen molar-refractivity contribution in [2.75, 3.05) is 17.2 Å². The van der Waals surface area contributed by atoms with E-state index in [1.807, 2.05) is 0 Å². The van der Waals surface area contributed by atoms with E-state index in [0.29, 0.717) is 18.9 Å². The average Bonchev–Trinajstić information content (AvgIpc) is 3.56. The minimum atomic E-state index is -5.82. The minimum Gasteiger partial charge on any atom is -0.396 e. The third-order valence-electron chi connectivity index (χ3n) is 5.93. The summed E-state index contributed by atoms with van der Waals surface area (Å²) in [5, 5.41) is 0. The van der Waals surface area contributed by atoms with Crippen molar-refractivity contribution < 1.29 is 39.2 Å². The second-order valence-corrected chi connectivity index (χ2v) is 10.2. The summed E-state index contributed by atoms with van der Waals surface area (Å²) in [5.41, 5.74) is -1.25. The largest absolute Gasteiger partial charge is 0.511 e. The van der Waals surface area contributed by atoms with Gasteiger partial charge in [-0.2, -0.15) is 30.6 Å². The summed E-state index contributed by atoms with van der Waals surface area (Å²) in [6.45, 7) is -1.59. The fourth-order valence-electron chi connectivity index (χ4n) is 4.09. The molecule has 0 radical (unpaired) electrons. The average molecular weight is 512 g/mol. The highest BCUT2D eigenvalue weighted by molar-refractivity contribution is 7.89. The topological polar surface area (TPSA) is 79.5 Å². The van der Waals surface area contributed by atoms with Gasteiger partial charge in [-0.3, -0.25) is 4.98 Å². The molecule has 1 aliphatic carbocycles. The number of nitrogen functional groups attached to an aromatic ring is 1. The fourth-order valence-corrected chi connectivity index (χ4v) is 5.04. The number of nitrogens with zero attached hydrogens (tertiary/aromatic N) is 3. The Morgan fingerprint density at radius 1 is 1.09 bits per heavy atom. The fraction of sp³-hybridized carbons (Fsp3) is 0.450. The highest BCUT2D eigenvalue weighted by atomic mass is 32.2. The zero-order valence-corrected chi connectivity index (χ0v) is 18.2. The molecule has 186 valence electrons. The first-order valence-electron chi connectivity index (χ1n) is 10.1. The third kappa shape index (κ3) is 4.65. The van der Waals surface area contributed by atoms with E-state index in [0.717, 1.165) is 18.3 Å². The normalized spacial score (nSPS) is 20.2. The first-order valence-corrected chi connectivity index (χ1v) is 11.6. The van der Waals surface area contributed by atoms with E-state index in [-0.39, 0.29) is 39.4 Å². The Morgan fingerprint density at radius 3 is 2.32 bits per heavy atom. The van der Waals surface area contributed by atoms with Gasteiger partial charge < -0.3 is 10.6 Å². The molecule has 1 fully saturated rings. The van der Waals surface area contributed by atoms with Crippen LogP contribution < -0.4 is 10.6 Å². The lowest BCUT2D eigenvalue weighted by Crippen LogP contribution is -2.47. The molecule has 1 aromatic carbocycles. The molecule has 2 aliphatic rings. The van der Waals surface area contributed by atoms with Crippen molar-refractivity contribution in [3.05, 3.63) is 53.1 Å². The van der Waals surface area contributed by atoms with Crippen molar-refractivity contribution >= 4 is 21.4 Å². The van der Waals surface area contributed by atoms with E-state index in [2.05, 4.69) is 4.98 Å². The van der Waals surface area contributed by atoms with Crippen molar-refractivity contribution in [1.29, 1.82) is 0 Å². The van der Waals surface area contributed by atoms with Crippen LogP contribution in [0.1, 0.15) is 29.7 Å². The second kappa shape index (κ2) is 8.26. The van der Waals surface area contributed by atoms with Crippen LogP contribution in [0.3, 0.4) is 0 Å². The number of nitrogens with two attached hydrogens (primary N) is 1. The van der Waals surface area contributed by atoms with Gasteiger partial charge in [0.2, 0.25) is 0 Å². The van der Waals surface area contributed by atoms with Crippen LogP contribution in [0.5, 0.6) is 0 Å². The monoisotopic (exact) mass is 512 g/mol. The highest BCUT2D eigenvalue weighted by Crippen LogP contribution is 2.44. The van der Waals surface area contributed by atoms with E-state index in [1.165, 1.54) is 6.07 Å². The molecule has 2 N–H and O–H groups in total. The number of hydrogen-bond donors (Lipinski definition) is 1. The van der Waals surface area contributed by atoms with Crippen LogP contribution in [0, 0.1) is 11.7 Å². The number of aromatic nitrogens is 1. The SMILES string of the molecule is Nc1cc(CN2c3ccc(C(F)(F)F)cc3CN(S(=O)(=O)C(F)(F)F)CC2C2CC2)ncc1F. The van der Waals surface area contributed by atoms with E-state index in [1.54, 1.807) is 4.90 Å². The first kappa shape index (κ1) is 24.5. The maximum absolute atomic E-state index is 13.6. The molecular weight excluding hydrogens is 493 g/mol. The molecule has 4 rings (SSSR count). The van der Waals surface area contributed by atoms with E-state index >= 15 is 0 Å². The molecule has 14 heteroatoms. The van der Waals surface area contributed by atoms with Crippen molar-refractivity contribution in [1.82, 2.24) is 9.29 Å². The van der Waals surface area contributed by atoms with Crippen molar-refractivity contribution in [2.24, 2.45) is 5.92 Å². The van der Waals surface area contributed by atoms with Gasteiger partial charge in [-0.05, 0) is 48.6 Å². The highest BCUT2D eigenvalue weighted by Gasteiger charge is 2.52. The van der Waals surface area contributed by atoms with Gasteiger partial charge in [-0.15, -0.1) is 0 Å². The van der Waals surface area contributed by atoms with Crippen molar-refractivity contribution in [3.63, 3.8) is 0 Å². The Morgan fingerprint density at radius 2 is 1.76 bits per heavy atom. The second-order valence-electron chi connectivity index (χ2n) is 8.31. The molecule has 0 bridgehead atoms. The van der Waals surface area contributed by atoms with Crippen molar-refractivity contribution in [3.8, 4) is 0 Å². The van der Waals surface area contributed by atoms with Gasteiger partial charge >= 0.3 is 21.7 Å². The molecule has 0 spiro atoms. The Bertz CT molecular complexity index is 1200. The van der Waals surface area contributed by atoms with Crippen LogP contribution in [-0.2, 0) is 29.3 Å². The summed E-state index contributed by atoms with van der Waals surface area (Å²) < 4.78 is 118. The predicted molar refractivity (Wildman–Crippen MR) is 108 cm³/mol. The first-order chi connectivity index (χ1) is 15.7. The van der Waals surface area contributed by atoms with Crippen LogP contribution in [0.4, 0.5) is 42.1 Å². The number of benzene rings is 1. The van der Waals surface area contributed by atoms with Gasteiger partial charge in [0.25, 0.3) is 0 Å². The quantitative estimate of drug-likeness (QED) is 0.619. The summed E-state index contributed by atoms with van der Waals surface area (Å²) in [5.74, 6) is -0.965. The van der Waals surface area contributed by atoms with Crippen LogP contribution in [0.2, 0.25) is 0 Å². The number of rotatable bonds is 4. The predicted octanol–water partition coefficient (Wildman–Crippen LogP) is 4.27. The molecule has 1 unspecified atom stereocenters. The lowest BCUT2D eigenvalue weighted by molar-refractivity contribution is -0.137. The molecule has 0 saturated heterocycles. The van der Waals surface area contributed by atoms with Gasteiger partial charge in [0, 0.05) is 24.8 Å². The van der Waals surface area contributed by atoms with Gasteiger partial charge in [0.05, 0.1) is 29.7 Å². The summed E-state index contributed by atoms with van der Waals surface area (Å²) in [6, 6.07) is 3.00. The maximum atomic E-state index is 13.6. The molecule has 34 heavy (non-hydrogen) atoms. The Kier molecular flexibility index (Phi) is 5.95. The summed E-state index contributed by atoms with van der Waals surface area (Å²) in [4.78, 5) is 5.47. The van der Waals surface area contributed by atoms with Crippen LogP contribution in [0.15, 0.2) is 30.5 Å². The van der Waals surface area contributed by atoms with Gasteiger partial charge in [0.1, 0.15) is 0 Å². The summed E-state index contributed by atoms with van der Waals surface area (Å²) in [6.07, 6.45) is -2.71. The number of sulfonamides is 1. The van der Waals surface area contributed by atoms with Gasteiger partial charge in [0.15, 0.2) is 5.82 Å². The zero-order chi connectivity index (χ0) is 25.1. The molecule has 1 aliphatic heterocycles. The number of hydrogen-bond acceptors (Lipinski definition) is 5. The Labute approximate surface area is 190 Å².